The Balaban J connectivity index is 1.73. The molecule has 4 aliphatic carbocycles. The van der Waals surface area contributed by atoms with Gasteiger partial charge < -0.3 is 5.11 Å². The number of aliphatic hydroxyl groups excluding tert-OH is 1. The standard InChI is InChI=1S/C19H25FO/c1-12-3-4-16(20)15(5-12)17(21)19-9-13-6-14(10-19)8-18(2,7-13)11-19/h3-5,13-14,17,21H,6-11H2,1-2H3. The SMILES string of the molecule is Cc1ccc(F)c(C(O)C23CC4CC(CC(C)(C4)C2)C3)c1. The number of benzene rings is 1. The number of halogens is 1. The molecule has 4 fully saturated rings. The van der Waals surface area contributed by atoms with Crippen molar-refractivity contribution in [2.24, 2.45) is 22.7 Å². The lowest BCUT2D eigenvalue weighted by Crippen LogP contribution is -2.53. The van der Waals surface area contributed by atoms with E-state index in [2.05, 4.69) is 6.92 Å². The Morgan fingerprint density at radius 3 is 2.48 bits per heavy atom. The molecule has 0 spiro atoms. The Hall–Kier alpha value is -0.890. The van der Waals surface area contributed by atoms with Crippen LogP contribution >= 0.6 is 0 Å². The number of rotatable bonds is 2. The molecule has 2 heteroatoms. The summed E-state index contributed by atoms with van der Waals surface area (Å²) in [5.74, 6) is 1.26. The summed E-state index contributed by atoms with van der Waals surface area (Å²) in [5, 5.41) is 11.1. The fraction of sp³-hybridized carbons (Fsp3) is 0.684. The molecule has 0 heterocycles. The molecule has 4 bridgehead atoms. The first-order valence-corrected chi connectivity index (χ1v) is 8.33. The number of hydrogen-bond donors (Lipinski definition) is 1. The molecule has 21 heavy (non-hydrogen) atoms. The summed E-state index contributed by atoms with van der Waals surface area (Å²) in [4.78, 5) is 0. The molecule has 5 rings (SSSR count). The van der Waals surface area contributed by atoms with Crippen LogP contribution in [0.4, 0.5) is 4.39 Å². The van der Waals surface area contributed by atoms with Gasteiger partial charge >= 0.3 is 0 Å². The highest BCUT2D eigenvalue weighted by Crippen LogP contribution is 2.68. The average Bonchev–Trinajstić information content (AvgIpc) is 2.38. The zero-order valence-electron chi connectivity index (χ0n) is 13.0. The maximum atomic E-state index is 14.2. The Labute approximate surface area is 126 Å². The monoisotopic (exact) mass is 288 g/mol. The summed E-state index contributed by atoms with van der Waals surface area (Å²) in [7, 11) is 0. The van der Waals surface area contributed by atoms with Crippen molar-refractivity contribution in [3.63, 3.8) is 0 Å². The van der Waals surface area contributed by atoms with Crippen LogP contribution in [0.15, 0.2) is 18.2 Å². The normalized spacial score (nSPS) is 42.3. The first kappa shape index (κ1) is 13.8. The van der Waals surface area contributed by atoms with E-state index in [1.807, 2.05) is 13.0 Å². The average molecular weight is 288 g/mol. The van der Waals surface area contributed by atoms with Crippen LogP contribution in [0, 0.1) is 35.4 Å². The minimum atomic E-state index is -0.636. The molecule has 0 radical (unpaired) electrons. The third kappa shape index (κ3) is 2.06. The van der Waals surface area contributed by atoms with E-state index in [0.29, 0.717) is 11.0 Å². The molecule has 0 aromatic heterocycles. The maximum Gasteiger partial charge on any atom is 0.129 e. The molecule has 1 aromatic carbocycles. The molecule has 4 aliphatic rings. The topological polar surface area (TPSA) is 20.2 Å². The Morgan fingerprint density at radius 1 is 1.19 bits per heavy atom. The van der Waals surface area contributed by atoms with Gasteiger partial charge in [0, 0.05) is 11.0 Å². The van der Waals surface area contributed by atoms with Gasteiger partial charge in [-0.25, -0.2) is 4.39 Å². The van der Waals surface area contributed by atoms with E-state index < -0.39 is 6.10 Å². The van der Waals surface area contributed by atoms with E-state index >= 15 is 0 Å². The van der Waals surface area contributed by atoms with Gasteiger partial charge in [0.05, 0.1) is 6.10 Å². The minimum absolute atomic E-state index is 0.0759. The van der Waals surface area contributed by atoms with Crippen molar-refractivity contribution >= 4 is 0 Å². The maximum absolute atomic E-state index is 14.2. The molecule has 1 N–H and O–H groups in total. The predicted octanol–water partition coefficient (Wildman–Crippen LogP) is 4.77. The summed E-state index contributed by atoms with van der Waals surface area (Å²) in [5.41, 5.74) is 1.86. The van der Waals surface area contributed by atoms with Crippen molar-refractivity contribution in [1.82, 2.24) is 0 Å². The smallest absolute Gasteiger partial charge is 0.129 e. The third-order valence-corrected chi connectivity index (χ3v) is 6.42. The van der Waals surface area contributed by atoms with E-state index in [1.165, 1.54) is 25.3 Å². The van der Waals surface area contributed by atoms with Crippen molar-refractivity contribution < 1.29 is 9.50 Å². The van der Waals surface area contributed by atoms with Crippen molar-refractivity contribution in [2.75, 3.05) is 0 Å². The molecule has 3 unspecified atom stereocenters. The van der Waals surface area contributed by atoms with E-state index in [9.17, 15) is 9.50 Å². The first-order valence-electron chi connectivity index (χ1n) is 8.33. The van der Waals surface area contributed by atoms with Gasteiger partial charge in [-0.15, -0.1) is 0 Å². The molecule has 3 atom stereocenters. The number of aryl methyl sites for hydroxylation is 1. The van der Waals surface area contributed by atoms with Crippen LogP contribution in [0.25, 0.3) is 0 Å². The second-order valence-corrected chi connectivity index (χ2v) is 8.56. The summed E-state index contributed by atoms with van der Waals surface area (Å²) >= 11 is 0. The van der Waals surface area contributed by atoms with Crippen LogP contribution < -0.4 is 0 Å². The summed E-state index contributed by atoms with van der Waals surface area (Å²) in [6.45, 7) is 4.36. The minimum Gasteiger partial charge on any atom is -0.388 e. The van der Waals surface area contributed by atoms with E-state index in [4.69, 9.17) is 0 Å². The summed E-state index contributed by atoms with van der Waals surface area (Å²) in [6.07, 6.45) is 6.58. The van der Waals surface area contributed by atoms with Crippen molar-refractivity contribution in [3.05, 3.63) is 35.1 Å². The second kappa shape index (κ2) is 4.32. The van der Waals surface area contributed by atoms with Crippen molar-refractivity contribution in [3.8, 4) is 0 Å². The first-order chi connectivity index (χ1) is 9.89. The predicted molar refractivity (Wildman–Crippen MR) is 81.3 cm³/mol. The number of hydrogen-bond acceptors (Lipinski definition) is 1. The van der Waals surface area contributed by atoms with Crippen LogP contribution in [-0.4, -0.2) is 5.11 Å². The lowest BCUT2D eigenvalue weighted by Gasteiger charge is -2.62. The van der Waals surface area contributed by atoms with Crippen molar-refractivity contribution in [1.29, 1.82) is 0 Å². The van der Waals surface area contributed by atoms with Crippen molar-refractivity contribution in [2.45, 2.75) is 58.5 Å². The van der Waals surface area contributed by atoms with E-state index in [1.54, 1.807) is 6.07 Å². The van der Waals surface area contributed by atoms with Crippen LogP contribution in [-0.2, 0) is 0 Å². The van der Waals surface area contributed by atoms with Gasteiger partial charge in [-0.1, -0.05) is 24.6 Å². The fourth-order valence-corrected chi connectivity index (χ4v) is 6.32. The molecule has 114 valence electrons. The molecule has 1 aromatic rings. The van der Waals surface area contributed by atoms with Gasteiger partial charge in [0.15, 0.2) is 0 Å². The van der Waals surface area contributed by atoms with Gasteiger partial charge in [-0.05, 0) is 68.8 Å². The van der Waals surface area contributed by atoms with Gasteiger partial charge in [-0.2, -0.15) is 0 Å². The van der Waals surface area contributed by atoms with Gasteiger partial charge in [0.1, 0.15) is 5.82 Å². The highest BCUT2D eigenvalue weighted by atomic mass is 19.1. The van der Waals surface area contributed by atoms with E-state index in [-0.39, 0.29) is 11.2 Å². The summed E-state index contributed by atoms with van der Waals surface area (Å²) in [6, 6.07) is 5.14. The second-order valence-electron chi connectivity index (χ2n) is 8.56. The summed E-state index contributed by atoms with van der Waals surface area (Å²) < 4.78 is 14.2. The molecule has 0 amide bonds. The molecule has 1 nitrogen and oxygen atoms in total. The Bertz CT molecular complexity index is 565. The van der Waals surface area contributed by atoms with Crippen LogP contribution in [0.2, 0.25) is 0 Å². The van der Waals surface area contributed by atoms with Gasteiger partial charge in [0.2, 0.25) is 0 Å². The van der Waals surface area contributed by atoms with Crippen LogP contribution in [0.5, 0.6) is 0 Å². The highest BCUT2D eigenvalue weighted by Gasteiger charge is 2.58. The molecular weight excluding hydrogens is 263 g/mol. The van der Waals surface area contributed by atoms with E-state index in [0.717, 1.165) is 36.7 Å². The van der Waals surface area contributed by atoms with Gasteiger partial charge in [-0.3, -0.25) is 0 Å². The van der Waals surface area contributed by atoms with Gasteiger partial charge in [0.25, 0.3) is 0 Å². The largest absolute Gasteiger partial charge is 0.388 e. The Kier molecular flexibility index (Phi) is 2.83. The number of aliphatic hydroxyl groups is 1. The molecule has 0 saturated heterocycles. The third-order valence-electron chi connectivity index (χ3n) is 6.42. The zero-order chi connectivity index (χ0) is 14.8. The fourth-order valence-electron chi connectivity index (χ4n) is 6.32. The van der Waals surface area contributed by atoms with Crippen LogP contribution in [0.1, 0.15) is 62.7 Å². The zero-order valence-corrected chi connectivity index (χ0v) is 13.0. The lowest BCUT2D eigenvalue weighted by molar-refractivity contribution is -0.155. The quantitative estimate of drug-likeness (QED) is 0.830. The van der Waals surface area contributed by atoms with Crippen LogP contribution in [0.3, 0.4) is 0 Å². The molecule has 4 saturated carbocycles. The Morgan fingerprint density at radius 2 is 1.86 bits per heavy atom. The molecule has 0 aliphatic heterocycles. The lowest BCUT2D eigenvalue weighted by atomic mass is 9.43. The highest BCUT2D eigenvalue weighted by molar-refractivity contribution is 5.28. The molecular formula is C19H25FO.